The van der Waals surface area contributed by atoms with Crippen LogP contribution < -0.4 is 0 Å². The summed E-state index contributed by atoms with van der Waals surface area (Å²) in [6.45, 7) is 1.83. The third kappa shape index (κ3) is 2.22. The molecule has 3 unspecified atom stereocenters. The molecule has 76 valence electrons. The van der Waals surface area contributed by atoms with Gasteiger partial charge in [0.2, 0.25) is 0 Å². The Morgan fingerprint density at radius 3 is 2.46 bits per heavy atom. The Balaban J connectivity index is 1.85. The van der Waals surface area contributed by atoms with Gasteiger partial charge in [0.05, 0.1) is 12.2 Å². The van der Waals surface area contributed by atoms with E-state index in [4.69, 9.17) is 0 Å². The molecule has 0 aromatic rings. The van der Waals surface area contributed by atoms with Crippen LogP contribution in [0.1, 0.15) is 32.1 Å². The van der Waals surface area contributed by atoms with E-state index in [-0.39, 0.29) is 12.2 Å². The van der Waals surface area contributed by atoms with Crippen molar-refractivity contribution in [2.24, 2.45) is 0 Å². The molecule has 3 heteroatoms. The van der Waals surface area contributed by atoms with Crippen LogP contribution in [-0.2, 0) is 0 Å². The molecule has 2 fully saturated rings. The summed E-state index contributed by atoms with van der Waals surface area (Å²) in [6.07, 6.45) is 4.89. The van der Waals surface area contributed by atoms with Crippen LogP contribution in [0.4, 0.5) is 0 Å². The van der Waals surface area contributed by atoms with Crippen molar-refractivity contribution in [3.63, 3.8) is 0 Å². The van der Waals surface area contributed by atoms with Gasteiger partial charge < -0.3 is 10.2 Å². The van der Waals surface area contributed by atoms with Crippen molar-refractivity contribution in [1.29, 1.82) is 0 Å². The summed E-state index contributed by atoms with van der Waals surface area (Å²) in [4.78, 5) is 2.34. The highest BCUT2D eigenvalue weighted by Gasteiger charge is 2.30. The van der Waals surface area contributed by atoms with E-state index in [0.717, 1.165) is 38.8 Å². The quantitative estimate of drug-likeness (QED) is 0.620. The Hall–Kier alpha value is -0.120. The minimum absolute atomic E-state index is 0.100. The van der Waals surface area contributed by atoms with Gasteiger partial charge in [-0.1, -0.05) is 0 Å². The van der Waals surface area contributed by atoms with Crippen LogP contribution in [0.3, 0.4) is 0 Å². The van der Waals surface area contributed by atoms with Crippen molar-refractivity contribution in [3.05, 3.63) is 0 Å². The fourth-order valence-electron chi connectivity index (χ4n) is 2.57. The maximum atomic E-state index is 9.52. The lowest BCUT2D eigenvalue weighted by molar-refractivity contribution is 0.0652. The van der Waals surface area contributed by atoms with Crippen LogP contribution >= 0.6 is 0 Å². The zero-order valence-electron chi connectivity index (χ0n) is 8.02. The average Bonchev–Trinajstić information content (AvgIpc) is 2.52. The summed E-state index contributed by atoms with van der Waals surface area (Å²) in [5.41, 5.74) is 0. The molecule has 1 saturated carbocycles. The van der Waals surface area contributed by atoms with Crippen molar-refractivity contribution >= 4 is 0 Å². The smallest absolute Gasteiger partial charge is 0.0679 e. The van der Waals surface area contributed by atoms with Crippen molar-refractivity contribution in [2.45, 2.75) is 50.4 Å². The van der Waals surface area contributed by atoms with Gasteiger partial charge in [-0.3, -0.25) is 4.90 Å². The number of likely N-dealkylation sites (tertiary alicyclic amines) is 1. The summed E-state index contributed by atoms with van der Waals surface area (Å²) < 4.78 is 0. The van der Waals surface area contributed by atoms with Gasteiger partial charge in [0, 0.05) is 19.1 Å². The Morgan fingerprint density at radius 1 is 1.00 bits per heavy atom. The topological polar surface area (TPSA) is 43.7 Å². The van der Waals surface area contributed by atoms with Crippen LogP contribution in [0.25, 0.3) is 0 Å². The molecular formula is C10H19NO2. The van der Waals surface area contributed by atoms with Crippen molar-refractivity contribution < 1.29 is 10.2 Å². The Morgan fingerprint density at radius 2 is 1.85 bits per heavy atom. The van der Waals surface area contributed by atoms with Crippen LogP contribution in [0.2, 0.25) is 0 Å². The standard InChI is InChI=1S/C10H19NO2/c12-9-3-1-2-8(6-9)11-5-4-10(13)7-11/h8-10,12-13H,1-7H2. The number of aliphatic hydroxyl groups is 2. The second kappa shape index (κ2) is 3.95. The average molecular weight is 185 g/mol. The molecule has 0 radical (unpaired) electrons. The van der Waals surface area contributed by atoms with Gasteiger partial charge in [-0.05, 0) is 32.1 Å². The number of hydrogen-bond acceptors (Lipinski definition) is 3. The van der Waals surface area contributed by atoms with E-state index < -0.39 is 0 Å². The van der Waals surface area contributed by atoms with E-state index >= 15 is 0 Å². The molecule has 2 rings (SSSR count). The van der Waals surface area contributed by atoms with E-state index in [2.05, 4.69) is 4.90 Å². The Labute approximate surface area is 79.4 Å². The zero-order chi connectivity index (χ0) is 9.26. The maximum absolute atomic E-state index is 9.52. The summed E-state index contributed by atoms with van der Waals surface area (Å²) in [5.74, 6) is 0. The maximum Gasteiger partial charge on any atom is 0.0679 e. The molecular weight excluding hydrogens is 166 g/mol. The highest BCUT2D eigenvalue weighted by Crippen LogP contribution is 2.25. The van der Waals surface area contributed by atoms with Crippen molar-refractivity contribution in [1.82, 2.24) is 4.90 Å². The largest absolute Gasteiger partial charge is 0.393 e. The molecule has 1 saturated heterocycles. The summed E-state index contributed by atoms with van der Waals surface area (Å²) in [5, 5.41) is 18.9. The third-order valence-corrected chi connectivity index (χ3v) is 3.33. The van der Waals surface area contributed by atoms with Gasteiger partial charge in [0.15, 0.2) is 0 Å². The number of β-amino-alcohol motifs (C(OH)–C–C–N with tert-alkyl or cyclic N) is 1. The molecule has 0 aromatic carbocycles. The molecule has 0 spiro atoms. The first-order chi connectivity index (χ1) is 6.25. The van der Waals surface area contributed by atoms with Gasteiger partial charge in [-0.15, -0.1) is 0 Å². The van der Waals surface area contributed by atoms with Crippen LogP contribution in [-0.4, -0.2) is 46.5 Å². The SMILES string of the molecule is OC1CCCC(N2CCC(O)C2)C1. The highest BCUT2D eigenvalue weighted by atomic mass is 16.3. The van der Waals surface area contributed by atoms with E-state index in [1.165, 1.54) is 6.42 Å². The molecule has 0 bridgehead atoms. The molecule has 3 nitrogen and oxygen atoms in total. The van der Waals surface area contributed by atoms with Gasteiger partial charge in [0.25, 0.3) is 0 Å². The molecule has 13 heavy (non-hydrogen) atoms. The molecule has 2 N–H and O–H groups in total. The van der Waals surface area contributed by atoms with E-state index in [1.54, 1.807) is 0 Å². The minimum Gasteiger partial charge on any atom is -0.393 e. The van der Waals surface area contributed by atoms with Gasteiger partial charge in [0.1, 0.15) is 0 Å². The second-order valence-electron chi connectivity index (χ2n) is 4.41. The van der Waals surface area contributed by atoms with E-state index in [9.17, 15) is 10.2 Å². The Bertz CT molecular complexity index is 174. The first-order valence-corrected chi connectivity index (χ1v) is 5.36. The summed E-state index contributed by atoms with van der Waals surface area (Å²) in [6, 6.07) is 0.529. The number of aliphatic hydroxyl groups excluding tert-OH is 2. The van der Waals surface area contributed by atoms with Crippen LogP contribution in [0, 0.1) is 0 Å². The van der Waals surface area contributed by atoms with E-state index in [1.807, 2.05) is 0 Å². The predicted molar refractivity (Wildman–Crippen MR) is 50.5 cm³/mol. The molecule has 0 aromatic heterocycles. The molecule has 0 amide bonds. The second-order valence-corrected chi connectivity index (χ2v) is 4.41. The molecule has 3 atom stereocenters. The lowest BCUT2D eigenvalue weighted by Gasteiger charge is -2.33. The van der Waals surface area contributed by atoms with E-state index in [0.29, 0.717) is 6.04 Å². The number of rotatable bonds is 1. The van der Waals surface area contributed by atoms with Crippen LogP contribution in [0.5, 0.6) is 0 Å². The lowest BCUT2D eigenvalue weighted by Crippen LogP contribution is -2.39. The van der Waals surface area contributed by atoms with Gasteiger partial charge in [-0.2, -0.15) is 0 Å². The number of hydrogen-bond donors (Lipinski definition) is 2. The molecule has 2 aliphatic rings. The van der Waals surface area contributed by atoms with Crippen molar-refractivity contribution in [2.75, 3.05) is 13.1 Å². The van der Waals surface area contributed by atoms with Crippen molar-refractivity contribution in [3.8, 4) is 0 Å². The monoisotopic (exact) mass is 185 g/mol. The van der Waals surface area contributed by atoms with Gasteiger partial charge >= 0.3 is 0 Å². The fraction of sp³-hybridized carbons (Fsp3) is 1.00. The summed E-state index contributed by atoms with van der Waals surface area (Å²) >= 11 is 0. The van der Waals surface area contributed by atoms with Crippen LogP contribution in [0.15, 0.2) is 0 Å². The predicted octanol–water partition coefficient (Wildman–Crippen LogP) is 0.356. The van der Waals surface area contributed by atoms with Gasteiger partial charge in [-0.25, -0.2) is 0 Å². The first kappa shape index (κ1) is 9.44. The molecule has 1 heterocycles. The summed E-state index contributed by atoms with van der Waals surface area (Å²) in [7, 11) is 0. The molecule has 1 aliphatic carbocycles. The third-order valence-electron chi connectivity index (χ3n) is 3.33. The normalized spacial score (nSPS) is 42.5. The first-order valence-electron chi connectivity index (χ1n) is 5.36. The zero-order valence-corrected chi connectivity index (χ0v) is 8.02. The Kier molecular flexibility index (Phi) is 2.86. The molecule has 1 aliphatic heterocycles. The lowest BCUT2D eigenvalue weighted by atomic mass is 9.92. The number of nitrogens with zero attached hydrogens (tertiary/aromatic N) is 1. The minimum atomic E-state index is -0.126. The fourth-order valence-corrected chi connectivity index (χ4v) is 2.57. The highest BCUT2D eigenvalue weighted by molar-refractivity contribution is 4.85.